The van der Waals surface area contributed by atoms with Crippen LogP contribution in [0, 0.1) is 10.8 Å². The number of guanidine groups is 2. The van der Waals surface area contributed by atoms with Crippen LogP contribution in [0.4, 0.5) is 0 Å². The average molecular weight is 1660 g/mol. The van der Waals surface area contributed by atoms with Gasteiger partial charge in [-0.2, -0.15) is 0 Å². The van der Waals surface area contributed by atoms with Gasteiger partial charge in [0.05, 0.1) is 71.2 Å². The largest absolute Gasteiger partial charge is 0.481 e. The van der Waals surface area contributed by atoms with E-state index in [-0.39, 0.29) is 128 Å². The maximum Gasteiger partial charge on any atom is 0.305 e. The van der Waals surface area contributed by atoms with Crippen molar-refractivity contribution in [3.05, 3.63) is 71.8 Å². The molecule has 2 fully saturated rings. The van der Waals surface area contributed by atoms with Crippen LogP contribution in [0.2, 0.25) is 0 Å². The van der Waals surface area contributed by atoms with Crippen LogP contribution in [0.15, 0.2) is 60.7 Å². The van der Waals surface area contributed by atoms with E-state index < -0.39 is 238 Å². The molecule has 646 valence electrons. The van der Waals surface area contributed by atoms with Gasteiger partial charge < -0.3 is 134 Å². The first-order valence-electron chi connectivity index (χ1n) is 37.7. The Labute approximate surface area is 675 Å². The Morgan fingerprint density at radius 1 is 0.356 bits per heavy atom. The zero-order valence-electron chi connectivity index (χ0n) is 64.6. The van der Waals surface area contributed by atoms with Gasteiger partial charge in [-0.25, -0.2) is 0 Å². The van der Waals surface area contributed by atoms with Gasteiger partial charge in [-0.3, -0.25) is 107 Å². The molecule has 47 nitrogen and oxygen atoms in total. The molecule has 4 rings (SSSR count). The molecule has 30 N–H and O–H groups in total. The fourth-order valence-electron chi connectivity index (χ4n) is 11.2. The number of rotatable bonds is 42. The Morgan fingerprint density at radius 3 is 0.992 bits per heavy atom. The van der Waals surface area contributed by atoms with E-state index >= 15 is 0 Å². The normalized spacial score (nSPS) is 19.2. The SMILES string of the molecule is N=C(N)NCCC[C@@H]1NC(=O)[C@H](CCCCNC(=O)CNC(=O)CNC(=O)CNC(=O)CCC(N)C(=O)NCC(=O)NCC(=O)NCC(=O)NCCCC[C@@H]2NC(=O)[C@@H](Cc3ccccc3)NC(=O)[C@H](CC(=O)O)NC(=O)CNC(=O)[C@H](CCCNC(=N)N)NC2=O)NC(=O)[C@@H](Cc2ccccc2)NC(=O)[C@H](CC(=O)O)NC(=O)CNC1=O. The summed E-state index contributed by atoms with van der Waals surface area (Å²) in [6.07, 6.45) is -2.04. The maximum absolute atomic E-state index is 14.1. The van der Waals surface area contributed by atoms with Gasteiger partial charge in [0, 0.05) is 45.4 Å². The molecule has 2 aliphatic heterocycles. The van der Waals surface area contributed by atoms with Crippen molar-refractivity contribution in [2.24, 2.45) is 17.2 Å². The first-order valence-corrected chi connectivity index (χ1v) is 37.7. The zero-order valence-corrected chi connectivity index (χ0v) is 64.6. The Kier molecular flexibility index (Phi) is 43.2. The van der Waals surface area contributed by atoms with E-state index in [0.29, 0.717) is 11.1 Å². The van der Waals surface area contributed by atoms with Gasteiger partial charge >= 0.3 is 11.9 Å². The van der Waals surface area contributed by atoms with Crippen LogP contribution >= 0.6 is 0 Å². The lowest BCUT2D eigenvalue weighted by molar-refractivity contribution is -0.141. The summed E-state index contributed by atoms with van der Waals surface area (Å²) in [5.74, 6) is -19.0. The number of unbranched alkanes of at least 4 members (excludes halogenated alkanes) is 2. The number of hydrogen-bond acceptors (Lipinski definition) is 23. The summed E-state index contributed by atoms with van der Waals surface area (Å²) in [7, 11) is 0. The minimum absolute atomic E-state index is 0.0127. The summed E-state index contributed by atoms with van der Waals surface area (Å²) >= 11 is 0. The molecule has 0 aliphatic carbocycles. The number of benzene rings is 2. The number of carboxylic acid groups (broad SMARTS) is 2. The van der Waals surface area contributed by atoms with Gasteiger partial charge in [0.25, 0.3) is 0 Å². The molecule has 2 heterocycles. The molecule has 9 atom stereocenters. The lowest BCUT2D eigenvalue weighted by Crippen LogP contribution is -2.58. The van der Waals surface area contributed by atoms with Crippen molar-refractivity contribution in [1.29, 1.82) is 10.8 Å². The second-order valence-corrected chi connectivity index (χ2v) is 27.0. The second-order valence-electron chi connectivity index (χ2n) is 27.0. The average Bonchev–Trinajstić information content (AvgIpc) is 1.36. The van der Waals surface area contributed by atoms with Crippen molar-refractivity contribution in [1.82, 2.24) is 106 Å². The van der Waals surface area contributed by atoms with Gasteiger partial charge in [0.15, 0.2) is 11.9 Å². The molecule has 2 saturated heterocycles. The molecule has 0 aromatic heterocycles. The molecule has 0 radical (unpaired) electrons. The summed E-state index contributed by atoms with van der Waals surface area (Å²) < 4.78 is 0. The number of aliphatic carboxylic acids is 2. The lowest BCUT2D eigenvalue weighted by Gasteiger charge is -2.26. The molecule has 2 aliphatic rings. The smallest absolute Gasteiger partial charge is 0.305 e. The summed E-state index contributed by atoms with van der Waals surface area (Å²) in [5, 5.41) is 82.5. The van der Waals surface area contributed by atoms with Crippen molar-refractivity contribution in [3.8, 4) is 0 Å². The van der Waals surface area contributed by atoms with E-state index in [2.05, 4.69) is 106 Å². The first-order chi connectivity index (χ1) is 56.1. The van der Waals surface area contributed by atoms with Crippen molar-refractivity contribution in [2.45, 2.75) is 157 Å². The number of carboxylic acids is 2. The molecule has 2 aromatic carbocycles. The number of amides is 18. The molecular weight excluding hydrogens is 1550 g/mol. The van der Waals surface area contributed by atoms with Gasteiger partial charge in [-0.15, -0.1) is 0 Å². The van der Waals surface area contributed by atoms with E-state index in [4.69, 9.17) is 28.0 Å². The molecule has 0 bridgehead atoms. The van der Waals surface area contributed by atoms with Gasteiger partial charge in [-0.1, -0.05) is 60.7 Å². The molecule has 2 aromatic rings. The number of carbonyl (C=O) groups excluding carboxylic acids is 18. The van der Waals surface area contributed by atoms with Crippen molar-refractivity contribution < 1.29 is 106 Å². The van der Waals surface area contributed by atoms with Crippen LogP contribution in [0.3, 0.4) is 0 Å². The highest BCUT2D eigenvalue weighted by Crippen LogP contribution is 2.13. The highest BCUT2D eigenvalue weighted by atomic mass is 16.4. The lowest BCUT2D eigenvalue weighted by atomic mass is 10.0. The molecular formula is C71H105N25O22. The predicted octanol–water partition coefficient (Wildman–Crippen LogP) is -11.5. The van der Waals surface area contributed by atoms with Crippen LogP contribution in [0.25, 0.3) is 0 Å². The van der Waals surface area contributed by atoms with E-state index in [1.54, 1.807) is 60.7 Å². The van der Waals surface area contributed by atoms with E-state index in [0.717, 1.165) is 0 Å². The zero-order chi connectivity index (χ0) is 87.1. The fraction of sp³-hybridized carbons (Fsp3) is 0.521. The summed E-state index contributed by atoms with van der Waals surface area (Å²) in [6, 6.07) is 3.75. The fourth-order valence-corrected chi connectivity index (χ4v) is 11.2. The Hall–Kier alpha value is -13.7. The van der Waals surface area contributed by atoms with Gasteiger partial charge in [-0.05, 0) is 81.8 Å². The van der Waals surface area contributed by atoms with E-state index in [9.17, 15) is 106 Å². The first kappa shape index (κ1) is 96.7. The van der Waals surface area contributed by atoms with Crippen LogP contribution in [-0.4, -0.2) is 273 Å². The molecule has 18 amide bonds. The van der Waals surface area contributed by atoms with Crippen molar-refractivity contribution in [2.75, 3.05) is 78.5 Å². The van der Waals surface area contributed by atoms with E-state index in [1.807, 2.05) is 0 Å². The van der Waals surface area contributed by atoms with Crippen molar-refractivity contribution >= 4 is 130 Å². The Morgan fingerprint density at radius 2 is 0.644 bits per heavy atom. The second kappa shape index (κ2) is 52.7. The third kappa shape index (κ3) is 40.4. The van der Waals surface area contributed by atoms with Crippen LogP contribution < -0.4 is 124 Å². The number of carbonyl (C=O) groups is 20. The number of hydrogen-bond donors (Lipinski definition) is 27. The summed E-state index contributed by atoms with van der Waals surface area (Å²) in [5.41, 5.74) is 17.7. The predicted molar refractivity (Wildman–Crippen MR) is 414 cm³/mol. The Balaban J connectivity index is 1.16. The third-order valence-corrected chi connectivity index (χ3v) is 17.4. The standard InChI is InChI=1S/C71H105N25O22/c72-41(61(110)86-36-56(103)85-35-55(102)83-32-52(99)78-24-10-8-18-45-65(114)92-43(20-12-26-80-71(75)76)63(112)88-38-58(105)90-49(30-60(108)109)69(118)96-47(67(116)94-45)28-40-15-5-2-6-16-40)21-22-50(97)81-33-53(100)84-34-54(101)82-31-51(98)77-23-9-7-17-44-64(113)91-42(19-11-25-79-70(73)74)62(111)87-37-57(104)89-48(29-59(106)107)68(117)95-46(66(115)93-44)27-39-13-3-1-4-14-39/h1-6,13-16,41-49H,7-12,17-38,72H2,(H,77,98)(H,78,99)(H,81,97)(H,82,101)(H,83,102)(H,84,100)(H,85,103)(H,86,110)(H,87,111)(H,88,112)(H,89,104)(H,90,105)(H,91,113)(H,92,114)(H,93,115)(H,94,116)(H,95,117)(H,96,118)(H,106,107)(H,108,109)(H4,73,74,79)(H4,75,76,80)/t41?,42-,43-,44-,45-,46+,47+,48-,49-/m0/s1. The van der Waals surface area contributed by atoms with Crippen LogP contribution in [0.1, 0.15) is 101 Å². The monoisotopic (exact) mass is 1660 g/mol. The van der Waals surface area contributed by atoms with Crippen LogP contribution in [-0.2, 0) is 109 Å². The number of nitrogens with two attached hydrogens (primary N) is 3. The summed E-state index contributed by atoms with van der Waals surface area (Å²) in [6.45, 7) is -4.92. The Bertz CT molecular complexity index is 3900. The molecule has 0 saturated carbocycles. The maximum atomic E-state index is 14.1. The highest BCUT2D eigenvalue weighted by Gasteiger charge is 2.36. The van der Waals surface area contributed by atoms with Crippen LogP contribution in [0.5, 0.6) is 0 Å². The molecule has 47 heteroatoms. The van der Waals surface area contributed by atoms with Gasteiger partial charge in [0.1, 0.15) is 48.3 Å². The minimum Gasteiger partial charge on any atom is -0.481 e. The molecule has 1 unspecified atom stereocenters. The number of nitrogens with one attached hydrogen (secondary N) is 22. The topological polar surface area (TPSA) is 748 Å². The van der Waals surface area contributed by atoms with Crippen molar-refractivity contribution in [3.63, 3.8) is 0 Å². The quantitative estimate of drug-likeness (QED) is 0.0167. The molecule has 118 heavy (non-hydrogen) atoms. The highest BCUT2D eigenvalue weighted by molar-refractivity contribution is 6.01. The minimum atomic E-state index is -1.69. The third-order valence-electron chi connectivity index (χ3n) is 17.4. The summed E-state index contributed by atoms with van der Waals surface area (Å²) in [4.78, 5) is 260. The van der Waals surface area contributed by atoms with Gasteiger partial charge in [0.2, 0.25) is 106 Å². The van der Waals surface area contributed by atoms with E-state index in [1.165, 1.54) is 0 Å². The molecule has 0 spiro atoms.